The van der Waals surface area contributed by atoms with Gasteiger partial charge in [0.05, 0.1) is 0 Å². The summed E-state index contributed by atoms with van der Waals surface area (Å²) in [6.45, 7) is 3.72. The van der Waals surface area contributed by atoms with Crippen LogP contribution in [0.5, 0.6) is 0 Å². The molecule has 3 heteroatoms. The van der Waals surface area contributed by atoms with E-state index >= 15 is 0 Å². The van der Waals surface area contributed by atoms with Gasteiger partial charge in [0.25, 0.3) is 0 Å². The number of carboxylic acids is 1. The van der Waals surface area contributed by atoms with E-state index in [0.29, 0.717) is 6.61 Å². The predicted molar refractivity (Wildman–Crippen MR) is 28.7 cm³/mol. The summed E-state index contributed by atoms with van der Waals surface area (Å²) in [5.41, 5.74) is 0. The van der Waals surface area contributed by atoms with Crippen molar-refractivity contribution in [3.63, 3.8) is 0 Å². The molecule has 0 aromatic carbocycles. The maximum Gasteiger partial charge on any atom is 0.332 e. The highest BCUT2D eigenvalue weighted by molar-refractivity contribution is 5.71. The Hall–Kier alpha value is -0.570. The molecule has 0 amide bonds. The van der Waals surface area contributed by atoms with Crippen molar-refractivity contribution >= 4 is 5.97 Å². The molecule has 48 valence electrons. The number of ether oxygens (including phenoxy) is 1. The molecule has 0 bridgehead atoms. The van der Waals surface area contributed by atoms with E-state index in [0.717, 1.165) is 0 Å². The van der Waals surface area contributed by atoms with Gasteiger partial charge in [0.1, 0.15) is 0 Å². The number of rotatable bonds is 3. The van der Waals surface area contributed by atoms with Crippen molar-refractivity contribution in [3.8, 4) is 0 Å². The maximum absolute atomic E-state index is 9.96. The molecule has 0 aliphatic heterocycles. The van der Waals surface area contributed by atoms with Crippen molar-refractivity contribution in [2.24, 2.45) is 0 Å². The minimum absolute atomic E-state index is 0.452. The van der Waals surface area contributed by atoms with Crippen LogP contribution in [0.4, 0.5) is 0 Å². The van der Waals surface area contributed by atoms with Gasteiger partial charge in [0, 0.05) is 6.61 Å². The first-order valence-corrected chi connectivity index (χ1v) is 2.53. The van der Waals surface area contributed by atoms with E-state index in [9.17, 15) is 4.79 Å². The molecule has 0 unspecified atom stereocenters. The first kappa shape index (κ1) is 7.43. The Morgan fingerprint density at radius 2 is 2.38 bits per heavy atom. The van der Waals surface area contributed by atoms with Gasteiger partial charge in [-0.15, -0.1) is 0 Å². The van der Waals surface area contributed by atoms with Gasteiger partial charge in [-0.1, -0.05) is 0 Å². The molecular formula is C5H10O3. The smallest absolute Gasteiger partial charge is 0.332 e. The molecule has 0 aromatic heterocycles. The van der Waals surface area contributed by atoms with E-state index in [2.05, 4.69) is 0 Å². The number of hydrogen-bond acceptors (Lipinski definition) is 2. The minimum Gasteiger partial charge on any atom is -0.479 e. The van der Waals surface area contributed by atoms with Crippen LogP contribution in [0.25, 0.3) is 0 Å². The Morgan fingerprint density at radius 1 is 1.88 bits per heavy atom. The van der Waals surface area contributed by atoms with Gasteiger partial charge < -0.3 is 9.84 Å². The summed E-state index contributed by atoms with van der Waals surface area (Å²) < 4.78 is 4.70. The predicted octanol–water partition coefficient (Wildman–Crippen LogP) is 0.496. The summed E-state index contributed by atoms with van der Waals surface area (Å²) in [5.74, 6) is -0.910. The maximum atomic E-state index is 9.96. The zero-order valence-electron chi connectivity index (χ0n) is 5.05. The van der Waals surface area contributed by atoms with E-state index < -0.39 is 12.1 Å². The number of aliphatic carboxylic acids is 1. The van der Waals surface area contributed by atoms with Gasteiger partial charge in [-0.05, 0) is 13.8 Å². The van der Waals surface area contributed by atoms with Gasteiger partial charge in [-0.25, -0.2) is 4.79 Å². The second-order valence-corrected chi connectivity index (χ2v) is 1.44. The molecule has 1 atom stereocenters. The highest BCUT2D eigenvalue weighted by atomic mass is 16.5. The highest BCUT2D eigenvalue weighted by Crippen LogP contribution is 1.87. The molecule has 0 spiro atoms. The summed E-state index contributed by atoms with van der Waals surface area (Å²) in [4.78, 5) is 9.96. The fraction of sp³-hybridized carbons (Fsp3) is 0.800. The van der Waals surface area contributed by atoms with E-state index in [-0.39, 0.29) is 0 Å². The Labute approximate surface area is 48.3 Å². The molecule has 0 radical (unpaired) electrons. The third-order valence-corrected chi connectivity index (χ3v) is 0.764. The van der Waals surface area contributed by atoms with Crippen molar-refractivity contribution in [2.75, 3.05) is 6.61 Å². The fourth-order valence-corrected chi connectivity index (χ4v) is 0.321. The lowest BCUT2D eigenvalue weighted by Gasteiger charge is -2.03. The SMILES string of the molecule is CCO[C@H](C)C(=O)O. The molecular weight excluding hydrogens is 108 g/mol. The van der Waals surface area contributed by atoms with Gasteiger partial charge in [-0.3, -0.25) is 0 Å². The summed E-state index contributed by atoms with van der Waals surface area (Å²) in [6.07, 6.45) is -0.667. The molecule has 0 aliphatic carbocycles. The van der Waals surface area contributed by atoms with E-state index in [1.54, 1.807) is 6.92 Å². The monoisotopic (exact) mass is 118 g/mol. The Kier molecular flexibility index (Phi) is 3.19. The topological polar surface area (TPSA) is 46.5 Å². The first-order valence-electron chi connectivity index (χ1n) is 2.53. The largest absolute Gasteiger partial charge is 0.479 e. The zero-order chi connectivity index (χ0) is 6.57. The number of hydrogen-bond donors (Lipinski definition) is 1. The normalized spacial score (nSPS) is 13.2. The van der Waals surface area contributed by atoms with E-state index in [4.69, 9.17) is 9.84 Å². The second kappa shape index (κ2) is 3.43. The molecule has 0 fully saturated rings. The lowest BCUT2D eigenvalue weighted by Crippen LogP contribution is -2.19. The van der Waals surface area contributed by atoms with E-state index in [1.165, 1.54) is 6.92 Å². The van der Waals surface area contributed by atoms with Crippen molar-refractivity contribution in [1.29, 1.82) is 0 Å². The second-order valence-electron chi connectivity index (χ2n) is 1.44. The van der Waals surface area contributed by atoms with E-state index in [1.807, 2.05) is 0 Å². The van der Waals surface area contributed by atoms with Crippen LogP contribution in [0, 0.1) is 0 Å². The summed E-state index contributed by atoms with van der Waals surface area (Å²) in [5, 5.41) is 8.19. The zero-order valence-corrected chi connectivity index (χ0v) is 5.05. The van der Waals surface area contributed by atoms with Crippen LogP contribution in [-0.2, 0) is 9.53 Å². The molecule has 0 aromatic rings. The molecule has 3 nitrogen and oxygen atoms in total. The molecule has 1 N–H and O–H groups in total. The first-order chi connectivity index (χ1) is 3.68. The van der Waals surface area contributed by atoms with Crippen LogP contribution in [0.15, 0.2) is 0 Å². The lowest BCUT2D eigenvalue weighted by atomic mass is 10.4. The number of carboxylic acid groups (broad SMARTS) is 1. The summed E-state index contributed by atoms with van der Waals surface area (Å²) in [7, 11) is 0. The average molecular weight is 118 g/mol. The molecule has 0 saturated carbocycles. The standard InChI is InChI=1S/C5H10O3/c1-3-8-4(2)5(6)7/h4H,3H2,1-2H3,(H,6,7)/t4-/m1/s1. The van der Waals surface area contributed by atoms with Crippen molar-refractivity contribution in [2.45, 2.75) is 20.0 Å². The van der Waals surface area contributed by atoms with Crippen LogP contribution in [0.1, 0.15) is 13.8 Å². The van der Waals surface area contributed by atoms with Crippen molar-refractivity contribution in [1.82, 2.24) is 0 Å². The van der Waals surface area contributed by atoms with Crippen LogP contribution < -0.4 is 0 Å². The third kappa shape index (κ3) is 2.58. The van der Waals surface area contributed by atoms with Gasteiger partial charge in [0.2, 0.25) is 0 Å². The molecule has 0 rings (SSSR count). The van der Waals surface area contributed by atoms with Crippen LogP contribution in [-0.4, -0.2) is 23.8 Å². The van der Waals surface area contributed by atoms with Crippen LogP contribution >= 0.6 is 0 Å². The molecule has 0 saturated heterocycles. The average Bonchev–Trinajstić information content (AvgIpc) is 1.67. The van der Waals surface area contributed by atoms with Gasteiger partial charge in [0.15, 0.2) is 6.10 Å². The highest BCUT2D eigenvalue weighted by Gasteiger charge is 2.07. The number of carbonyl (C=O) groups is 1. The van der Waals surface area contributed by atoms with Gasteiger partial charge >= 0.3 is 5.97 Å². The fourth-order valence-electron chi connectivity index (χ4n) is 0.321. The molecule has 8 heavy (non-hydrogen) atoms. The molecule has 0 heterocycles. The van der Waals surface area contributed by atoms with Crippen molar-refractivity contribution in [3.05, 3.63) is 0 Å². The lowest BCUT2D eigenvalue weighted by molar-refractivity contribution is -0.148. The molecule has 0 aliphatic rings. The van der Waals surface area contributed by atoms with Crippen LogP contribution in [0.2, 0.25) is 0 Å². The quantitative estimate of drug-likeness (QED) is 0.586. The Balaban J connectivity index is 3.32. The summed E-state index contributed by atoms with van der Waals surface area (Å²) in [6, 6.07) is 0. The summed E-state index contributed by atoms with van der Waals surface area (Å²) >= 11 is 0. The van der Waals surface area contributed by atoms with Gasteiger partial charge in [-0.2, -0.15) is 0 Å². The van der Waals surface area contributed by atoms with Crippen LogP contribution in [0.3, 0.4) is 0 Å². The van der Waals surface area contributed by atoms with Crippen molar-refractivity contribution < 1.29 is 14.6 Å². The minimum atomic E-state index is -0.910. The third-order valence-electron chi connectivity index (χ3n) is 0.764. The Morgan fingerprint density at radius 3 is 2.50 bits per heavy atom. The Bertz CT molecular complexity index is 79.7.